The first-order valence-corrected chi connectivity index (χ1v) is 28.5. The van der Waals surface area contributed by atoms with Crippen LogP contribution in [-0.2, 0) is 14.2 Å². The van der Waals surface area contributed by atoms with Gasteiger partial charge in [0.2, 0.25) is 0 Å². The molecule has 4 aliphatic rings. The molecule has 2 aromatic carbocycles. The number of amides is 1. The monoisotopic (exact) mass is 801 g/mol. The first kappa shape index (κ1) is 40.9. The van der Waals surface area contributed by atoms with Crippen molar-refractivity contribution in [3.05, 3.63) is 48.2 Å². The van der Waals surface area contributed by atoms with Gasteiger partial charge in [0.05, 0.1) is 19.3 Å². The third-order valence-corrected chi connectivity index (χ3v) is 15.3. The molecule has 1 aromatic heterocycles. The topological polar surface area (TPSA) is 90.3 Å². The highest BCUT2D eigenvalue weighted by Gasteiger charge is 2.50. The van der Waals surface area contributed by atoms with E-state index in [4.69, 9.17) is 24.0 Å². The van der Waals surface area contributed by atoms with Crippen LogP contribution in [-0.4, -0.2) is 99.3 Å². The molecule has 0 spiro atoms. The lowest BCUT2D eigenvalue weighted by Gasteiger charge is -2.45. The van der Waals surface area contributed by atoms with Crippen molar-refractivity contribution in [1.29, 1.82) is 0 Å². The molecule has 306 valence electrons. The molecule has 3 fully saturated rings. The van der Waals surface area contributed by atoms with Gasteiger partial charge in [-0.2, -0.15) is 5.10 Å². The van der Waals surface area contributed by atoms with Crippen LogP contribution in [0.5, 0.6) is 5.75 Å². The summed E-state index contributed by atoms with van der Waals surface area (Å²) in [5, 5.41) is 11.6. The number of hydrogen-bond donors (Lipinski definition) is 1. The molecule has 3 aliphatic heterocycles. The number of nitrogens with one attached hydrogen (secondary N) is 1. The third-order valence-electron chi connectivity index (χ3n) is 11.9. The zero-order valence-electron chi connectivity index (χ0n) is 35.7. The number of ether oxygens (including phenoxy) is 4. The minimum atomic E-state index is -1.28. The molecule has 7 rings (SSSR count). The highest BCUT2D eigenvalue weighted by Crippen LogP contribution is 2.51. The van der Waals surface area contributed by atoms with E-state index in [1.807, 2.05) is 33.0 Å². The van der Waals surface area contributed by atoms with Gasteiger partial charge >= 0.3 is 6.09 Å². The Morgan fingerprint density at radius 3 is 2.07 bits per heavy atom. The number of piperidine rings is 1. The van der Waals surface area contributed by atoms with Crippen molar-refractivity contribution in [2.45, 2.75) is 134 Å². The van der Waals surface area contributed by atoms with Gasteiger partial charge in [0.15, 0.2) is 0 Å². The van der Waals surface area contributed by atoms with Crippen LogP contribution in [0, 0.1) is 11.8 Å². The van der Waals surface area contributed by atoms with Crippen molar-refractivity contribution in [2.24, 2.45) is 11.8 Å². The molecular weight excluding hydrogens is 735 g/mol. The molecule has 1 saturated carbocycles. The maximum absolute atomic E-state index is 13.5. The molecule has 1 N–H and O–H groups in total. The van der Waals surface area contributed by atoms with E-state index in [0.717, 1.165) is 97.7 Å². The second-order valence-corrected chi connectivity index (χ2v) is 31.4. The number of benzene rings is 2. The number of rotatable bonds is 15. The van der Waals surface area contributed by atoms with Gasteiger partial charge in [-0.15, -0.1) is 0 Å². The normalized spacial score (nSPS) is 22.6. The van der Waals surface area contributed by atoms with Gasteiger partial charge in [-0.25, -0.2) is 9.48 Å². The lowest BCUT2D eigenvalue weighted by atomic mass is 9.79. The molecule has 4 heterocycles. The smallest absolute Gasteiger partial charge is 0.410 e. The lowest BCUT2D eigenvalue weighted by Crippen LogP contribution is -2.52. The van der Waals surface area contributed by atoms with E-state index in [9.17, 15) is 4.79 Å². The van der Waals surface area contributed by atoms with Crippen molar-refractivity contribution in [1.82, 2.24) is 19.6 Å². The highest BCUT2D eigenvalue weighted by atomic mass is 28.3. The second-order valence-electron chi connectivity index (χ2n) is 20.2. The molecule has 3 atom stereocenters. The standard InChI is InChI=1S/C44H67N5O5Si2/c1-44(2,3)54-43(50)48-35-16-17-36(48)25-34(24-35)40-39(31-12-13-31)42(47(28-52-19-21-55(5,6)7)29-53-20-22-56(8,9)10)49-41(46-40)38(27-45-49)32-14-11-30-15-18-37(51-4)26-33(30)23-32/h11,14-15,18,23,26-27,31,34-36,40,46H,12-13,16-17,19-22,24-25,28-29H2,1-10H3/t34?,35?,36?,40-/m1/s1. The van der Waals surface area contributed by atoms with E-state index in [1.54, 1.807) is 7.11 Å². The summed E-state index contributed by atoms with van der Waals surface area (Å²) in [7, 11) is -0.849. The average molecular weight is 802 g/mol. The highest BCUT2D eigenvalue weighted by molar-refractivity contribution is 6.76. The molecular formula is C44H67N5O5Si2. The van der Waals surface area contributed by atoms with Crippen LogP contribution in [0.1, 0.15) is 59.3 Å². The fourth-order valence-corrected chi connectivity index (χ4v) is 10.3. The maximum Gasteiger partial charge on any atom is 0.410 e. The van der Waals surface area contributed by atoms with Crippen LogP contribution >= 0.6 is 0 Å². The summed E-state index contributed by atoms with van der Waals surface area (Å²) in [6, 6.07) is 15.5. The first-order chi connectivity index (χ1) is 26.5. The number of nitrogens with zero attached hydrogens (tertiary/aromatic N) is 4. The Morgan fingerprint density at radius 1 is 0.875 bits per heavy atom. The molecule has 56 heavy (non-hydrogen) atoms. The Labute approximate surface area is 337 Å². The molecule has 2 bridgehead atoms. The quantitative estimate of drug-likeness (QED) is 0.0923. The number of carbonyl (C=O) groups excluding carboxylic acids is 1. The number of methoxy groups -OCH3 is 1. The van der Waals surface area contributed by atoms with E-state index in [0.29, 0.717) is 25.3 Å². The summed E-state index contributed by atoms with van der Waals surface area (Å²) in [6.45, 7) is 22.7. The van der Waals surface area contributed by atoms with Crippen LogP contribution < -0.4 is 10.1 Å². The maximum atomic E-state index is 13.5. The van der Waals surface area contributed by atoms with Gasteiger partial charge in [-0.3, -0.25) is 0 Å². The SMILES string of the molecule is COc1ccc2ccc(-c3cnn4c3N[C@H](C3CC5CCC(C3)N5C(=O)OC(C)(C)C)C(C3CC3)=C4N(COCC[Si](C)(C)C)COCC[Si](C)(C)C)cc2c1. The molecule has 3 aromatic rings. The van der Waals surface area contributed by atoms with E-state index >= 15 is 0 Å². The molecule has 12 heteroatoms. The summed E-state index contributed by atoms with van der Waals surface area (Å²) in [5.74, 6) is 3.77. The van der Waals surface area contributed by atoms with E-state index < -0.39 is 21.7 Å². The minimum Gasteiger partial charge on any atom is -0.497 e. The number of hydrogen-bond acceptors (Lipinski definition) is 8. The van der Waals surface area contributed by atoms with Crippen molar-refractivity contribution < 1.29 is 23.7 Å². The summed E-state index contributed by atoms with van der Waals surface area (Å²) >= 11 is 0. The van der Waals surface area contributed by atoms with Gasteiger partial charge in [-0.05, 0) is 123 Å². The first-order valence-electron chi connectivity index (χ1n) is 21.1. The second kappa shape index (κ2) is 16.1. The Kier molecular flexibility index (Phi) is 11.8. The zero-order chi connectivity index (χ0) is 40.0. The van der Waals surface area contributed by atoms with Gasteiger partial charge in [-0.1, -0.05) is 57.5 Å². The fourth-order valence-electron chi connectivity index (χ4n) is 8.75. The van der Waals surface area contributed by atoms with Crippen molar-refractivity contribution >= 4 is 44.7 Å². The number of carbonyl (C=O) groups is 1. The van der Waals surface area contributed by atoms with E-state index in [2.05, 4.69) is 89.4 Å². The van der Waals surface area contributed by atoms with E-state index in [-0.39, 0.29) is 24.2 Å². The number of fused-ring (bicyclic) bond motifs is 4. The molecule has 2 saturated heterocycles. The summed E-state index contributed by atoms with van der Waals surface area (Å²) in [5.41, 5.74) is 3.08. The molecule has 0 radical (unpaired) electrons. The van der Waals surface area contributed by atoms with Crippen molar-refractivity contribution in [3.8, 4) is 16.9 Å². The Morgan fingerprint density at radius 2 is 1.50 bits per heavy atom. The van der Waals surface area contributed by atoms with Gasteiger partial charge in [0.1, 0.15) is 36.5 Å². The van der Waals surface area contributed by atoms with E-state index in [1.165, 1.54) is 11.0 Å². The Bertz CT molecular complexity index is 1870. The predicted molar refractivity (Wildman–Crippen MR) is 232 cm³/mol. The van der Waals surface area contributed by atoms with Crippen LogP contribution in [0.4, 0.5) is 10.6 Å². The largest absolute Gasteiger partial charge is 0.497 e. The van der Waals surface area contributed by atoms with Crippen molar-refractivity contribution in [3.63, 3.8) is 0 Å². The van der Waals surface area contributed by atoms with Gasteiger partial charge in [0, 0.05) is 47.0 Å². The van der Waals surface area contributed by atoms with Gasteiger partial charge in [0.25, 0.3) is 0 Å². The minimum absolute atomic E-state index is 0.0938. The van der Waals surface area contributed by atoms with Gasteiger partial charge < -0.3 is 34.1 Å². The van der Waals surface area contributed by atoms with Crippen LogP contribution in [0.25, 0.3) is 27.7 Å². The third kappa shape index (κ3) is 9.51. The molecule has 1 amide bonds. The summed E-state index contributed by atoms with van der Waals surface area (Å²) in [4.78, 5) is 18.0. The number of anilines is 1. The molecule has 10 nitrogen and oxygen atoms in total. The lowest BCUT2D eigenvalue weighted by molar-refractivity contribution is -0.0108. The van der Waals surface area contributed by atoms with Crippen LogP contribution in [0.3, 0.4) is 0 Å². The van der Waals surface area contributed by atoms with Crippen molar-refractivity contribution in [2.75, 3.05) is 39.1 Å². The molecule has 2 unspecified atom stereocenters. The Balaban J connectivity index is 1.29. The number of aromatic nitrogens is 2. The molecule has 1 aliphatic carbocycles. The van der Waals surface area contributed by atoms with Crippen LogP contribution in [0.2, 0.25) is 51.4 Å². The zero-order valence-corrected chi connectivity index (χ0v) is 37.7. The Hall–Kier alpha value is -3.33. The fraction of sp³-hybridized carbons (Fsp3) is 0.636. The van der Waals surface area contributed by atoms with Crippen LogP contribution in [0.15, 0.2) is 48.2 Å². The average Bonchev–Trinajstić information content (AvgIpc) is 3.81. The predicted octanol–water partition coefficient (Wildman–Crippen LogP) is 10.2. The summed E-state index contributed by atoms with van der Waals surface area (Å²) in [6.07, 6.45) is 8.12. The summed E-state index contributed by atoms with van der Waals surface area (Å²) < 4.78 is 26.9.